The van der Waals surface area contributed by atoms with Gasteiger partial charge in [-0.25, -0.2) is 4.39 Å². The highest BCUT2D eigenvalue weighted by Gasteiger charge is 2.27. The molecular formula is C22H23FN4O2. The SMILES string of the molecule is Cc1noc(C)c1-c1cnc(C[C@@H]2CCN(C(=O)Cc3ccccc3F)C2)cn1. The molecule has 1 fully saturated rings. The van der Waals surface area contributed by atoms with Gasteiger partial charge in [-0.2, -0.15) is 0 Å². The minimum atomic E-state index is -0.328. The number of hydrogen-bond donors (Lipinski definition) is 0. The van der Waals surface area contributed by atoms with Gasteiger partial charge in [0, 0.05) is 19.3 Å². The van der Waals surface area contributed by atoms with E-state index in [0.29, 0.717) is 24.6 Å². The lowest BCUT2D eigenvalue weighted by Crippen LogP contribution is -2.30. The maximum absolute atomic E-state index is 13.8. The van der Waals surface area contributed by atoms with Crippen LogP contribution in [0.4, 0.5) is 4.39 Å². The second kappa shape index (κ2) is 8.11. The van der Waals surface area contributed by atoms with Gasteiger partial charge in [0.2, 0.25) is 5.91 Å². The van der Waals surface area contributed by atoms with E-state index in [-0.39, 0.29) is 18.1 Å². The number of hydrogen-bond acceptors (Lipinski definition) is 5. The van der Waals surface area contributed by atoms with Gasteiger partial charge in [0.15, 0.2) is 0 Å². The normalized spacial score (nSPS) is 16.4. The fourth-order valence-electron chi connectivity index (χ4n) is 3.88. The van der Waals surface area contributed by atoms with Crippen LogP contribution >= 0.6 is 0 Å². The molecule has 0 N–H and O–H groups in total. The van der Waals surface area contributed by atoms with E-state index in [1.807, 2.05) is 18.7 Å². The summed E-state index contributed by atoms with van der Waals surface area (Å²) in [5.74, 6) is 0.700. The summed E-state index contributed by atoms with van der Waals surface area (Å²) in [6, 6.07) is 6.44. The first-order valence-corrected chi connectivity index (χ1v) is 9.76. The monoisotopic (exact) mass is 394 g/mol. The number of carbonyl (C=O) groups excluding carboxylic acids is 1. The molecule has 1 aromatic carbocycles. The average Bonchev–Trinajstić information content (AvgIpc) is 3.31. The predicted octanol–water partition coefficient (Wildman–Crippen LogP) is 3.52. The molecule has 0 aliphatic carbocycles. The molecule has 0 radical (unpaired) electrons. The Kier molecular flexibility index (Phi) is 5.38. The lowest BCUT2D eigenvalue weighted by atomic mass is 10.0. The van der Waals surface area contributed by atoms with Gasteiger partial charge in [0.1, 0.15) is 11.6 Å². The molecular weight excluding hydrogens is 371 g/mol. The standard InChI is InChI=1S/C22H23FN4O2/c1-14-22(15(2)29-26-14)20-12-24-18(11-25-20)9-16-7-8-27(13-16)21(28)10-17-5-3-4-6-19(17)23/h3-6,11-12,16H,7-10,13H2,1-2H3/t16-/m0/s1. The van der Waals surface area contributed by atoms with Crippen LogP contribution in [0.15, 0.2) is 41.2 Å². The smallest absolute Gasteiger partial charge is 0.227 e. The van der Waals surface area contributed by atoms with Crippen molar-refractivity contribution in [1.82, 2.24) is 20.0 Å². The average molecular weight is 394 g/mol. The first-order valence-electron chi connectivity index (χ1n) is 9.76. The highest BCUT2D eigenvalue weighted by molar-refractivity contribution is 5.79. The minimum Gasteiger partial charge on any atom is -0.361 e. The van der Waals surface area contributed by atoms with Gasteiger partial charge in [0.05, 0.1) is 35.3 Å². The van der Waals surface area contributed by atoms with Crippen molar-refractivity contribution in [3.63, 3.8) is 0 Å². The molecule has 1 atom stereocenters. The van der Waals surface area contributed by atoms with Gasteiger partial charge >= 0.3 is 0 Å². The molecule has 4 rings (SSSR count). The first kappa shape index (κ1) is 19.2. The van der Waals surface area contributed by atoms with Crippen LogP contribution in [0.1, 0.15) is 29.1 Å². The molecule has 0 spiro atoms. The Hall–Kier alpha value is -3.09. The number of rotatable bonds is 5. The number of nitrogens with zero attached hydrogens (tertiary/aromatic N) is 4. The summed E-state index contributed by atoms with van der Waals surface area (Å²) in [4.78, 5) is 23.4. The molecule has 1 amide bonds. The Morgan fingerprint density at radius 2 is 2.07 bits per heavy atom. The molecule has 7 heteroatoms. The summed E-state index contributed by atoms with van der Waals surface area (Å²) >= 11 is 0. The summed E-state index contributed by atoms with van der Waals surface area (Å²) in [6.45, 7) is 5.10. The number of aromatic nitrogens is 3. The first-order chi connectivity index (χ1) is 14.0. The van der Waals surface area contributed by atoms with Gasteiger partial charge in [-0.05, 0) is 44.2 Å². The van der Waals surface area contributed by atoms with Gasteiger partial charge in [0.25, 0.3) is 0 Å². The molecule has 29 heavy (non-hydrogen) atoms. The molecule has 0 unspecified atom stereocenters. The van der Waals surface area contributed by atoms with Gasteiger partial charge in [-0.3, -0.25) is 14.8 Å². The zero-order valence-electron chi connectivity index (χ0n) is 16.6. The van der Waals surface area contributed by atoms with Crippen molar-refractivity contribution in [2.45, 2.75) is 33.1 Å². The van der Waals surface area contributed by atoms with Crippen molar-refractivity contribution in [2.75, 3.05) is 13.1 Å². The van der Waals surface area contributed by atoms with Crippen molar-refractivity contribution >= 4 is 5.91 Å². The zero-order valence-corrected chi connectivity index (χ0v) is 16.6. The van der Waals surface area contributed by atoms with Gasteiger partial charge < -0.3 is 9.42 Å². The van der Waals surface area contributed by atoms with Crippen molar-refractivity contribution in [2.24, 2.45) is 5.92 Å². The van der Waals surface area contributed by atoms with Crippen molar-refractivity contribution in [3.05, 3.63) is 65.2 Å². The van der Waals surface area contributed by atoms with E-state index in [1.54, 1.807) is 30.6 Å². The lowest BCUT2D eigenvalue weighted by Gasteiger charge is -2.17. The summed E-state index contributed by atoms with van der Waals surface area (Å²) in [6.07, 6.45) is 5.31. The van der Waals surface area contributed by atoms with Crippen LogP contribution in [0.2, 0.25) is 0 Å². The van der Waals surface area contributed by atoms with Crippen LogP contribution in [-0.2, 0) is 17.6 Å². The van der Waals surface area contributed by atoms with Crippen LogP contribution in [-0.4, -0.2) is 39.0 Å². The highest BCUT2D eigenvalue weighted by atomic mass is 19.1. The number of carbonyl (C=O) groups is 1. The molecule has 6 nitrogen and oxygen atoms in total. The van der Waals surface area contributed by atoms with Crippen LogP contribution in [0.5, 0.6) is 0 Å². The second-order valence-corrected chi connectivity index (χ2v) is 7.56. The molecule has 2 aromatic heterocycles. The van der Waals surface area contributed by atoms with E-state index in [2.05, 4.69) is 15.1 Å². The van der Waals surface area contributed by atoms with Crippen molar-refractivity contribution < 1.29 is 13.7 Å². The largest absolute Gasteiger partial charge is 0.361 e. The quantitative estimate of drug-likeness (QED) is 0.662. The topological polar surface area (TPSA) is 72.1 Å². The number of amides is 1. The maximum Gasteiger partial charge on any atom is 0.227 e. The Bertz CT molecular complexity index is 996. The number of likely N-dealkylation sites (tertiary alicyclic amines) is 1. The Morgan fingerprint density at radius 1 is 1.24 bits per heavy atom. The number of benzene rings is 1. The molecule has 1 saturated heterocycles. The molecule has 0 bridgehead atoms. The van der Waals surface area contributed by atoms with Crippen LogP contribution in [0, 0.1) is 25.6 Å². The Morgan fingerprint density at radius 3 is 2.76 bits per heavy atom. The van der Waals surface area contributed by atoms with E-state index in [0.717, 1.165) is 41.2 Å². The van der Waals surface area contributed by atoms with E-state index < -0.39 is 0 Å². The molecule has 1 aliphatic heterocycles. The van der Waals surface area contributed by atoms with Crippen molar-refractivity contribution in [1.29, 1.82) is 0 Å². The third-order valence-corrected chi connectivity index (χ3v) is 5.43. The molecule has 1 aliphatic rings. The maximum atomic E-state index is 13.8. The lowest BCUT2D eigenvalue weighted by molar-refractivity contribution is -0.129. The summed E-state index contributed by atoms with van der Waals surface area (Å²) < 4.78 is 19.0. The predicted molar refractivity (Wildman–Crippen MR) is 105 cm³/mol. The van der Waals surface area contributed by atoms with Crippen LogP contribution in [0.3, 0.4) is 0 Å². The van der Waals surface area contributed by atoms with E-state index >= 15 is 0 Å². The Labute approximate surface area is 168 Å². The third-order valence-electron chi connectivity index (χ3n) is 5.43. The molecule has 150 valence electrons. The van der Waals surface area contributed by atoms with Crippen LogP contribution in [0.25, 0.3) is 11.3 Å². The second-order valence-electron chi connectivity index (χ2n) is 7.56. The van der Waals surface area contributed by atoms with Gasteiger partial charge in [-0.1, -0.05) is 23.4 Å². The summed E-state index contributed by atoms with van der Waals surface area (Å²) in [5, 5.41) is 3.95. The van der Waals surface area contributed by atoms with Crippen LogP contribution < -0.4 is 0 Å². The molecule has 3 aromatic rings. The minimum absolute atomic E-state index is 0.0301. The van der Waals surface area contributed by atoms with E-state index in [1.165, 1.54) is 6.07 Å². The summed E-state index contributed by atoms with van der Waals surface area (Å²) in [7, 11) is 0. The zero-order chi connectivity index (χ0) is 20.4. The van der Waals surface area contributed by atoms with Crippen molar-refractivity contribution in [3.8, 4) is 11.3 Å². The highest BCUT2D eigenvalue weighted by Crippen LogP contribution is 2.25. The fraction of sp³-hybridized carbons (Fsp3) is 0.364. The Balaban J connectivity index is 1.35. The number of aryl methyl sites for hydroxylation is 2. The third kappa shape index (κ3) is 4.18. The fourth-order valence-corrected chi connectivity index (χ4v) is 3.88. The van der Waals surface area contributed by atoms with Gasteiger partial charge in [-0.15, -0.1) is 0 Å². The number of halogens is 1. The van der Waals surface area contributed by atoms with E-state index in [4.69, 9.17) is 4.52 Å². The van der Waals surface area contributed by atoms with E-state index in [9.17, 15) is 9.18 Å². The molecule has 0 saturated carbocycles. The summed E-state index contributed by atoms with van der Waals surface area (Å²) in [5.41, 5.74) is 3.77. The molecule has 3 heterocycles.